The Hall–Kier alpha value is -2.26. The van der Waals surface area contributed by atoms with Crippen molar-refractivity contribution in [1.82, 2.24) is 19.4 Å². The van der Waals surface area contributed by atoms with Gasteiger partial charge in [0.1, 0.15) is 0 Å². The number of piperazine rings is 1. The third-order valence-electron chi connectivity index (χ3n) is 3.82. The zero-order valence-electron chi connectivity index (χ0n) is 13.3. The summed E-state index contributed by atoms with van der Waals surface area (Å²) < 4.78 is 31.5. The second-order valence-electron chi connectivity index (χ2n) is 5.56. The van der Waals surface area contributed by atoms with Gasteiger partial charge in [0, 0.05) is 33.1 Å². The SMILES string of the molecule is Cc1nnc(C(=O)N2CCN(S(=O)(=O)Cc3ccccc3)CC2)o1. The van der Waals surface area contributed by atoms with Gasteiger partial charge in [-0.15, -0.1) is 10.2 Å². The summed E-state index contributed by atoms with van der Waals surface area (Å²) in [4.78, 5) is 13.8. The summed E-state index contributed by atoms with van der Waals surface area (Å²) in [5.74, 6) is -0.142. The molecule has 0 unspecified atom stereocenters. The van der Waals surface area contributed by atoms with Crippen molar-refractivity contribution in [3.8, 4) is 0 Å². The zero-order chi connectivity index (χ0) is 17.2. The van der Waals surface area contributed by atoms with Crippen molar-refractivity contribution in [1.29, 1.82) is 0 Å². The van der Waals surface area contributed by atoms with Crippen LogP contribution in [0.3, 0.4) is 0 Å². The number of carbonyl (C=O) groups excluding carboxylic acids is 1. The summed E-state index contributed by atoms with van der Waals surface area (Å²) in [6.45, 7) is 2.72. The Balaban J connectivity index is 1.61. The predicted molar refractivity (Wildman–Crippen MR) is 85.6 cm³/mol. The van der Waals surface area contributed by atoms with E-state index in [1.54, 1.807) is 19.1 Å². The van der Waals surface area contributed by atoms with Crippen molar-refractivity contribution in [2.75, 3.05) is 26.2 Å². The van der Waals surface area contributed by atoms with Crippen LogP contribution >= 0.6 is 0 Å². The Morgan fingerprint density at radius 1 is 1.12 bits per heavy atom. The topological polar surface area (TPSA) is 96.6 Å². The van der Waals surface area contributed by atoms with Crippen molar-refractivity contribution in [2.45, 2.75) is 12.7 Å². The molecule has 24 heavy (non-hydrogen) atoms. The van der Waals surface area contributed by atoms with Crippen LogP contribution in [0.5, 0.6) is 0 Å². The Morgan fingerprint density at radius 3 is 2.38 bits per heavy atom. The first-order valence-corrected chi connectivity index (χ1v) is 9.18. The lowest BCUT2D eigenvalue weighted by Crippen LogP contribution is -2.50. The molecule has 0 aliphatic carbocycles. The molecule has 1 amide bonds. The fourth-order valence-corrected chi connectivity index (χ4v) is 4.08. The predicted octanol–water partition coefficient (Wildman–Crippen LogP) is 0.666. The van der Waals surface area contributed by atoms with Gasteiger partial charge >= 0.3 is 11.8 Å². The van der Waals surface area contributed by atoms with Crippen LogP contribution in [-0.4, -0.2) is 59.9 Å². The lowest BCUT2D eigenvalue weighted by Gasteiger charge is -2.33. The summed E-state index contributed by atoms with van der Waals surface area (Å²) >= 11 is 0. The van der Waals surface area contributed by atoms with Gasteiger partial charge in [0.15, 0.2) is 0 Å². The number of aryl methyl sites for hydroxylation is 1. The van der Waals surface area contributed by atoms with Gasteiger partial charge in [0.2, 0.25) is 15.9 Å². The molecular weight excluding hydrogens is 332 g/mol. The molecule has 0 N–H and O–H groups in total. The normalized spacial score (nSPS) is 16.3. The van der Waals surface area contributed by atoms with Gasteiger partial charge in [-0.25, -0.2) is 8.42 Å². The van der Waals surface area contributed by atoms with E-state index < -0.39 is 10.0 Å². The molecule has 1 aliphatic heterocycles. The van der Waals surface area contributed by atoms with Gasteiger partial charge in [-0.3, -0.25) is 4.79 Å². The average molecular weight is 350 g/mol. The van der Waals surface area contributed by atoms with Crippen molar-refractivity contribution in [3.63, 3.8) is 0 Å². The smallest absolute Gasteiger partial charge is 0.311 e. The molecule has 1 saturated heterocycles. The summed E-state index contributed by atoms with van der Waals surface area (Å²) in [7, 11) is -3.40. The molecule has 1 fully saturated rings. The van der Waals surface area contributed by atoms with Gasteiger partial charge in [0.05, 0.1) is 5.75 Å². The lowest BCUT2D eigenvalue weighted by molar-refractivity contribution is 0.0656. The number of aromatic nitrogens is 2. The quantitative estimate of drug-likeness (QED) is 0.804. The summed E-state index contributed by atoms with van der Waals surface area (Å²) in [6.07, 6.45) is 0. The molecule has 0 saturated carbocycles. The molecule has 3 rings (SSSR count). The van der Waals surface area contributed by atoms with E-state index in [2.05, 4.69) is 10.2 Å². The van der Waals surface area contributed by atoms with Crippen LogP contribution in [0.4, 0.5) is 0 Å². The van der Waals surface area contributed by atoms with E-state index in [0.29, 0.717) is 19.0 Å². The summed E-state index contributed by atoms with van der Waals surface area (Å²) in [5.41, 5.74) is 0.748. The maximum atomic E-state index is 12.5. The van der Waals surface area contributed by atoms with Crippen molar-refractivity contribution >= 4 is 15.9 Å². The fourth-order valence-electron chi connectivity index (χ4n) is 2.56. The highest BCUT2D eigenvalue weighted by atomic mass is 32.2. The van der Waals surface area contributed by atoms with Gasteiger partial charge in [-0.2, -0.15) is 4.31 Å². The van der Waals surface area contributed by atoms with Crippen LogP contribution in [0.15, 0.2) is 34.7 Å². The fraction of sp³-hybridized carbons (Fsp3) is 0.400. The first kappa shape index (κ1) is 16.6. The zero-order valence-corrected chi connectivity index (χ0v) is 14.1. The monoisotopic (exact) mass is 350 g/mol. The van der Waals surface area contributed by atoms with Crippen LogP contribution in [0.1, 0.15) is 22.1 Å². The van der Waals surface area contributed by atoms with Crippen LogP contribution in [-0.2, 0) is 15.8 Å². The minimum atomic E-state index is -3.40. The molecular formula is C15H18N4O4S. The van der Waals surface area contributed by atoms with E-state index >= 15 is 0 Å². The van der Waals surface area contributed by atoms with Crippen LogP contribution < -0.4 is 0 Å². The first-order chi connectivity index (χ1) is 11.5. The van der Waals surface area contributed by atoms with Gasteiger partial charge in [-0.1, -0.05) is 30.3 Å². The highest BCUT2D eigenvalue weighted by Gasteiger charge is 2.30. The van der Waals surface area contributed by atoms with Crippen LogP contribution in [0, 0.1) is 6.92 Å². The third-order valence-corrected chi connectivity index (χ3v) is 5.67. The number of nitrogens with zero attached hydrogens (tertiary/aromatic N) is 4. The number of hydrogen-bond acceptors (Lipinski definition) is 6. The van der Waals surface area contributed by atoms with Gasteiger partial charge in [0.25, 0.3) is 0 Å². The maximum Gasteiger partial charge on any atom is 0.311 e. The standard InChI is InChI=1S/C15H18N4O4S/c1-12-16-17-14(23-12)15(20)18-7-9-19(10-8-18)24(21,22)11-13-5-3-2-4-6-13/h2-6H,7-11H2,1H3. The van der Waals surface area contributed by atoms with Crippen molar-refractivity contribution in [2.24, 2.45) is 0 Å². The minimum absolute atomic E-state index is 0.0371. The number of carbonyl (C=O) groups is 1. The molecule has 1 aromatic heterocycles. The molecule has 0 spiro atoms. The van der Waals surface area contributed by atoms with Crippen molar-refractivity contribution in [3.05, 3.63) is 47.7 Å². The highest BCUT2D eigenvalue weighted by Crippen LogP contribution is 2.15. The maximum absolute atomic E-state index is 12.5. The Bertz CT molecular complexity index is 811. The van der Waals surface area contributed by atoms with Gasteiger partial charge in [-0.05, 0) is 5.56 Å². The molecule has 1 aliphatic rings. The van der Waals surface area contributed by atoms with Gasteiger partial charge < -0.3 is 9.32 Å². The highest BCUT2D eigenvalue weighted by molar-refractivity contribution is 7.88. The molecule has 2 heterocycles. The first-order valence-electron chi connectivity index (χ1n) is 7.57. The van der Waals surface area contributed by atoms with E-state index in [1.165, 1.54) is 9.21 Å². The third kappa shape index (κ3) is 3.62. The summed E-state index contributed by atoms with van der Waals surface area (Å²) in [6, 6.07) is 9.05. The Labute approximate surface area is 140 Å². The largest absolute Gasteiger partial charge is 0.417 e. The number of benzene rings is 1. The van der Waals surface area contributed by atoms with E-state index in [0.717, 1.165) is 5.56 Å². The molecule has 1 aromatic carbocycles. The average Bonchev–Trinajstić information content (AvgIpc) is 3.01. The lowest BCUT2D eigenvalue weighted by atomic mass is 10.2. The van der Waals surface area contributed by atoms with Crippen molar-refractivity contribution < 1.29 is 17.6 Å². The molecule has 0 atom stereocenters. The molecule has 128 valence electrons. The molecule has 2 aromatic rings. The Kier molecular flexibility index (Phi) is 4.63. The molecule has 0 bridgehead atoms. The number of sulfonamides is 1. The summed E-state index contributed by atoms with van der Waals surface area (Å²) in [5, 5.41) is 7.34. The number of hydrogen-bond donors (Lipinski definition) is 0. The molecule has 0 radical (unpaired) electrons. The number of rotatable bonds is 4. The van der Waals surface area contributed by atoms with E-state index in [-0.39, 0.29) is 30.6 Å². The van der Waals surface area contributed by atoms with E-state index in [9.17, 15) is 13.2 Å². The molecule has 8 nitrogen and oxygen atoms in total. The second-order valence-corrected chi connectivity index (χ2v) is 7.53. The van der Waals surface area contributed by atoms with E-state index in [1.807, 2.05) is 18.2 Å². The van der Waals surface area contributed by atoms with Crippen LogP contribution in [0.25, 0.3) is 0 Å². The number of amides is 1. The minimum Gasteiger partial charge on any atom is -0.417 e. The second kappa shape index (κ2) is 6.70. The van der Waals surface area contributed by atoms with E-state index in [4.69, 9.17) is 4.42 Å². The Morgan fingerprint density at radius 2 is 1.79 bits per heavy atom. The molecule has 9 heteroatoms. The van der Waals surface area contributed by atoms with Crippen LogP contribution in [0.2, 0.25) is 0 Å².